The standard InChI is InChI=1S/C13H18N4O/c1-17-5-3-2-4-11(17)9-18-12-6-13(15)16-8-10(12)7-14/h6,8,11H,2-5,9H2,1H3,(H2,15,16)/t11-/m1/s1. The third kappa shape index (κ3) is 2.90. The Hall–Kier alpha value is -1.80. The summed E-state index contributed by atoms with van der Waals surface area (Å²) in [5.74, 6) is 0.907. The third-order valence-corrected chi connectivity index (χ3v) is 3.36. The number of likely N-dealkylation sites (N-methyl/N-ethyl adjacent to an activating group) is 1. The van der Waals surface area contributed by atoms with Crippen molar-refractivity contribution in [2.24, 2.45) is 0 Å². The van der Waals surface area contributed by atoms with Crippen LogP contribution >= 0.6 is 0 Å². The van der Waals surface area contributed by atoms with Crippen molar-refractivity contribution < 1.29 is 4.74 Å². The Morgan fingerprint density at radius 2 is 2.44 bits per heavy atom. The average Bonchev–Trinajstić information content (AvgIpc) is 2.38. The summed E-state index contributed by atoms with van der Waals surface area (Å²) in [5.41, 5.74) is 6.04. The van der Waals surface area contributed by atoms with Gasteiger partial charge < -0.3 is 15.4 Å². The number of hydrogen-bond donors (Lipinski definition) is 1. The zero-order valence-corrected chi connectivity index (χ0v) is 10.6. The molecule has 2 rings (SSSR count). The lowest BCUT2D eigenvalue weighted by Gasteiger charge is -2.32. The molecule has 1 aliphatic rings. The van der Waals surface area contributed by atoms with E-state index in [1.165, 1.54) is 19.0 Å². The molecule has 1 aromatic heterocycles. The molecular formula is C13H18N4O. The van der Waals surface area contributed by atoms with Crippen LogP contribution in [0.3, 0.4) is 0 Å². The first-order valence-corrected chi connectivity index (χ1v) is 6.19. The fourth-order valence-electron chi connectivity index (χ4n) is 2.20. The van der Waals surface area contributed by atoms with Gasteiger partial charge in [-0.15, -0.1) is 0 Å². The van der Waals surface area contributed by atoms with Crippen LogP contribution in [0.1, 0.15) is 24.8 Å². The van der Waals surface area contributed by atoms with Crippen LogP contribution in [-0.4, -0.2) is 36.1 Å². The fourth-order valence-corrected chi connectivity index (χ4v) is 2.20. The first-order chi connectivity index (χ1) is 8.70. The molecule has 5 heteroatoms. The molecule has 0 aliphatic carbocycles. The van der Waals surface area contributed by atoms with Crippen LogP contribution in [0.15, 0.2) is 12.3 Å². The van der Waals surface area contributed by atoms with Crippen LogP contribution in [-0.2, 0) is 0 Å². The van der Waals surface area contributed by atoms with Gasteiger partial charge in [-0.25, -0.2) is 4.98 Å². The number of nitrogen functional groups attached to an aromatic ring is 1. The van der Waals surface area contributed by atoms with Gasteiger partial charge in [0.1, 0.15) is 29.8 Å². The number of pyridine rings is 1. The summed E-state index contributed by atoms with van der Waals surface area (Å²) in [5, 5.41) is 8.98. The predicted molar refractivity (Wildman–Crippen MR) is 69.1 cm³/mol. The SMILES string of the molecule is CN1CCCC[C@@H]1COc1cc(N)ncc1C#N. The van der Waals surface area contributed by atoms with E-state index in [2.05, 4.69) is 23.0 Å². The molecule has 1 fully saturated rings. The lowest BCUT2D eigenvalue weighted by atomic mass is 10.0. The van der Waals surface area contributed by atoms with Crippen molar-refractivity contribution in [3.05, 3.63) is 17.8 Å². The van der Waals surface area contributed by atoms with E-state index >= 15 is 0 Å². The molecule has 0 bridgehead atoms. The lowest BCUT2D eigenvalue weighted by molar-refractivity contribution is 0.125. The van der Waals surface area contributed by atoms with Crippen molar-refractivity contribution in [2.45, 2.75) is 25.3 Å². The van der Waals surface area contributed by atoms with E-state index in [1.54, 1.807) is 6.07 Å². The van der Waals surface area contributed by atoms with Crippen molar-refractivity contribution in [1.82, 2.24) is 9.88 Å². The molecule has 0 aromatic carbocycles. The maximum absolute atomic E-state index is 8.98. The maximum Gasteiger partial charge on any atom is 0.142 e. The van der Waals surface area contributed by atoms with Gasteiger partial charge in [0.2, 0.25) is 0 Å². The third-order valence-electron chi connectivity index (χ3n) is 3.36. The number of hydrogen-bond acceptors (Lipinski definition) is 5. The molecule has 0 unspecified atom stereocenters. The second-order valence-corrected chi connectivity index (χ2v) is 4.66. The molecule has 96 valence electrons. The van der Waals surface area contributed by atoms with Crippen LogP contribution in [0.5, 0.6) is 5.75 Å². The molecule has 0 amide bonds. The molecule has 5 nitrogen and oxygen atoms in total. The number of nitriles is 1. The average molecular weight is 246 g/mol. The number of nitrogens with zero attached hydrogens (tertiary/aromatic N) is 3. The van der Waals surface area contributed by atoms with Gasteiger partial charge in [0.15, 0.2) is 0 Å². The summed E-state index contributed by atoms with van der Waals surface area (Å²) in [4.78, 5) is 6.19. The zero-order valence-electron chi connectivity index (χ0n) is 10.6. The molecule has 0 spiro atoms. The molecule has 1 saturated heterocycles. The summed E-state index contributed by atoms with van der Waals surface area (Å²) in [6.45, 7) is 1.70. The second-order valence-electron chi connectivity index (χ2n) is 4.66. The van der Waals surface area contributed by atoms with Crippen molar-refractivity contribution in [3.8, 4) is 11.8 Å². The highest BCUT2D eigenvalue weighted by molar-refractivity contribution is 5.47. The van der Waals surface area contributed by atoms with E-state index in [0.29, 0.717) is 29.8 Å². The Bertz CT molecular complexity index is 455. The molecular weight excluding hydrogens is 228 g/mol. The van der Waals surface area contributed by atoms with E-state index in [1.807, 2.05) is 0 Å². The summed E-state index contributed by atoms with van der Waals surface area (Å²) < 4.78 is 5.73. The van der Waals surface area contributed by atoms with Gasteiger partial charge in [-0.1, -0.05) is 6.42 Å². The molecule has 1 atom stereocenters. The summed E-state index contributed by atoms with van der Waals surface area (Å²) in [6.07, 6.45) is 5.08. The molecule has 2 N–H and O–H groups in total. The van der Waals surface area contributed by atoms with Gasteiger partial charge in [0.25, 0.3) is 0 Å². The summed E-state index contributed by atoms with van der Waals surface area (Å²) in [6, 6.07) is 4.09. The van der Waals surface area contributed by atoms with Crippen LogP contribution in [0, 0.1) is 11.3 Å². The minimum absolute atomic E-state index is 0.376. The van der Waals surface area contributed by atoms with Gasteiger partial charge in [0.05, 0.1) is 6.20 Å². The van der Waals surface area contributed by atoms with Gasteiger partial charge >= 0.3 is 0 Å². The highest BCUT2D eigenvalue weighted by Gasteiger charge is 2.19. The van der Waals surface area contributed by atoms with Crippen molar-refractivity contribution in [1.29, 1.82) is 5.26 Å². The Morgan fingerprint density at radius 1 is 1.61 bits per heavy atom. The summed E-state index contributed by atoms with van der Waals surface area (Å²) >= 11 is 0. The van der Waals surface area contributed by atoms with Gasteiger partial charge in [0, 0.05) is 12.1 Å². The Morgan fingerprint density at radius 3 is 3.17 bits per heavy atom. The predicted octanol–water partition coefficient (Wildman–Crippen LogP) is 1.40. The molecule has 2 heterocycles. The number of ether oxygens (including phenoxy) is 1. The number of aromatic nitrogens is 1. The molecule has 0 radical (unpaired) electrons. The zero-order chi connectivity index (χ0) is 13.0. The van der Waals surface area contributed by atoms with Crippen molar-refractivity contribution in [3.63, 3.8) is 0 Å². The fraction of sp³-hybridized carbons (Fsp3) is 0.538. The number of likely N-dealkylation sites (tertiary alicyclic amines) is 1. The van der Waals surface area contributed by atoms with E-state index in [9.17, 15) is 0 Å². The van der Waals surface area contributed by atoms with E-state index in [4.69, 9.17) is 15.7 Å². The topological polar surface area (TPSA) is 75.2 Å². The van der Waals surface area contributed by atoms with E-state index in [-0.39, 0.29) is 0 Å². The molecule has 1 aliphatic heterocycles. The van der Waals surface area contributed by atoms with Crippen LogP contribution in [0.2, 0.25) is 0 Å². The Labute approximate surface area is 107 Å². The second kappa shape index (κ2) is 5.69. The van der Waals surface area contributed by atoms with Crippen LogP contribution < -0.4 is 10.5 Å². The largest absolute Gasteiger partial charge is 0.490 e. The highest BCUT2D eigenvalue weighted by Crippen LogP contribution is 2.21. The number of piperidine rings is 1. The lowest BCUT2D eigenvalue weighted by Crippen LogP contribution is -2.40. The normalized spacial score (nSPS) is 20.3. The highest BCUT2D eigenvalue weighted by atomic mass is 16.5. The first-order valence-electron chi connectivity index (χ1n) is 6.19. The monoisotopic (exact) mass is 246 g/mol. The minimum Gasteiger partial charge on any atom is -0.490 e. The molecule has 18 heavy (non-hydrogen) atoms. The van der Waals surface area contributed by atoms with E-state index < -0.39 is 0 Å². The number of anilines is 1. The van der Waals surface area contributed by atoms with Gasteiger partial charge in [-0.05, 0) is 26.4 Å². The van der Waals surface area contributed by atoms with Gasteiger partial charge in [-0.2, -0.15) is 5.26 Å². The quantitative estimate of drug-likeness (QED) is 0.872. The molecule has 1 aromatic rings. The maximum atomic E-state index is 8.98. The Kier molecular flexibility index (Phi) is 4.00. The van der Waals surface area contributed by atoms with Crippen molar-refractivity contribution in [2.75, 3.05) is 25.9 Å². The summed E-state index contributed by atoms with van der Waals surface area (Å²) in [7, 11) is 2.11. The Balaban J connectivity index is 2.01. The van der Waals surface area contributed by atoms with Gasteiger partial charge in [-0.3, -0.25) is 0 Å². The minimum atomic E-state index is 0.376. The number of rotatable bonds is 3. The van der Waals surface area contributed by atoms with Crippen molar-refractivity contribution >= 4 is 5.82 Å². The van der Waals surface area contributed by atoms with E-state index in [0.717, 1.165) is 13.0 Å². The first kappa shape index (κ1) is 12.7. The van der Waals surface area contributed by atoms with Crippen LogP contribution in [0.25, 0.3) is 0 Å². The van der Waals surface area contributed by atoms with Crippen LogP contribution in [0.4, 0.5) is 5.82 Å². The molecule has 0 saturated carbocycles. The smallest absolute Gasteiger partial charge is 0.142 e. The number of nitrogens with two attached hydrogens (primary N) is 1.